The van der Waals surface area contributed by atoms with Crippen LogP contribution >= 0.6 is 0 Å². The molecular formula is C20H30N4O2. The van der Waals surface area contributed by atoms with E-state index in [-0.39, 0.29) is 5.91 Å². The maximum Gasteiger partial charge on any atom is 0.251 e. The molecule has 1 amide bonds. The number of aryl methyl sites for hydroxylation is 1. The lowest BCUT2D eigenvalue weighted by Crippen LogP contribution is -2.24. The highest BCUT2D eigenvalue weighted by molar-refractivity contribution is 5.94. The summed E-state index contributed by atoms with van der Waals surface area (Å²) in [5.74, 6) is -0.0699. The van der Waals surface area contributed by atoms with E-state index in [0.717, 1.165) is 35.7 Å². The largest absolute Gasteiger partial charge is 0.383 e. The van der Waals surface area contributed by atoms with Gasteiger partial charge in [0.05, 0.1) is 18.8 Å². The monoisotopic (exact) mass is 358 g/mol. The van der Waals surface area contributed by atoms with E-state index >= 15 is 0 Å². The lowest BCUT2D eigenvalue weighted by molar-refractivity contribution is 0.0951. The van der Waals surface area contributed by atoms with E-state index in [0.29, 0.717) is 25.3 Å². The topological polar surface area (TPSA) is 59.4 Å². The molecule has 6 nitrogen and oxygen atoms in total. The van der Waals surface area contributed by atoms with E-state index in [9.17, 15) is 4.79 Å². The van der Waals surface area contributed by atoms with Crippen molar-refractivity contribution in [3.05, 3.63) is 46.8 Å². The Balaban J connectivity index is 2.01. The Kier molecular flexibility index (Phi) is 7.21. The summed E-state index contributed by atoms with van der Waals surface area (Å²) in [5, 5.41) is 7.53. The highest BCUT2D eigenvalue weighted by atomic mass is 16.5. The summed E-state index contributed by atoms with van der Waals surface area (Å²) in [6, 6.07) is 7.76. The van der Waals surface area contributed by atoms with Crippen LogP contribution in [0.5, 0.6) is 0 Å². The quantitative estimate of drug-likeness (QED) is 0.749. The minimum Gasteiger partial charge on any atom is -0.383 e. The predicted molar refractivity (Wildman–Crippen MR) is 105 cm³/mol. The normalized spacial score (nSPS) is 10.8. The molecule has 6 heteroatoms. The maximum atomic E-state index is 12.5. The molecule has 142 valence electrons. The zero-order chi connectivity index (χ0) is 19.1. The van der Waals surface area contributed by atoms with Gasteiger partial charge in [0.15, 0.2) is 0 Å². The maximum absolute atomic E-state index is 12.5. The molecule has 26 heavy (non-hydrogen) atoms. The zero-order valence-electron chi connectivity index (χ0n) is 16.5. The van der Waals surface area contributed by atoms with Gasteiger partial charge in [0, 0.05) is 49.3 Å². The van der Waals surface area contributed by atoms with Gasteiger partial charge in [-0.2, -0.15) is 5.10 Å². The van der Waals surface area contributed by atoms with Crippen LogP contribution in [-0.4, -0.2) is 42.5 Å². The Morgan fingerprint density at radius 3 is 2.42 bits per heavy atom. The second kappa shape index (κ2) is 9.38. The number of hydrogen-bond acceptors (Lipinski definition) is 4. The van der Waals surface area contributed by atoms with Crippen molar-refractivity contribution < 1.29 is 9.53 Å². The van der Waals surface area contributed by atoms with Gasteiger partial charge in [0.25, 0.3) is 5.91 Å². The van der Waals surface area contributed by atoms with Crippen LogP contribution in [0, 0.1) is 13.8 Å². The van der Waals surface area contributed by atoms with Gasteiger partial charge in [-0.25, -0.2) is 0 Å². The van der Waals surface area contributed by atoms with Crippen molar-refractivity contribution in [1.29, 1.82) is 0 Å². The Bertz CT molecular complexity index is 718. The third-order valence-corrected chi connectivity index (χ3v) is 4.72. The van der Waals surface area contributed by atoms with Crippen molar-refractivity contribution in [2.24, 2.45) is 0 Å². The molecule has 1 aromatic carbocycles. The fraction of sp³-hybridized carbons (Fsp3) is 0.500. The summed E-state index contributed by atoms with van der Waals surface area (Å²) in [7, 11) is 1.68. The number of anilines is 1. The first-order chi connectivity index (χ1) is 12.5. The van der Waals surface area contributed by atoms with Gasteiger partial charge >= 0.3 is 0 Å². The Morgan fingerprint density at radius 1 is 1.19 bits per heavy atom. The van der Waals surface area contributed by atoms with Crippen LogP contribution in [-0.2, 0) is 17.8 Å². The van der Waals surface area contributed by atoms with Crippen molar-refractivity contribution in [1.82, 2.24) is 15.1 Å². The number of aromatic nitrogens is 2. The lowest BCUT2D eigenvalue weighted by Gasteiger charge is -2.21. The minimum absolute atomic E-state index is 0.0699. The fourth-order valence-corrected chi connectivity index (χ4v) is 3.07. The van der Waals surface area contributed by atoms with Crippen molar-refractivity contribution in [3.8, 4) is 0 Å². The van der Waals surface area contributed by atoms with Gasteiger partial charge in [-0.05, 0) is 52.0 Å². The van der Waals surface area contributed by atoms with E-state index in [4.69, 9.17) is 4.74 Å². The summed E-state index contributed by atoms with van der Waals surface area (Å²) in [5.41, 5.74) is 4.88. The highest BCUT2D eigenvalue weighted by Gasteiger charge is 2.13. The van der Waals surface area contributed by atoms with E-state index in [2.05, 4.69) is 29.2 Å². The van der Waals surface area contributed by atoms with Gasteiger partial charge in [-0.15, -0.1) is 0 Å². The van der Waals surface area contributed by atoms with Crippen LogP contribution in [0.1, 0.15) is 41.2 Å². The van der Waals surface area contributed by atoms with Crippen LogP contribution in [0.25, 0.3) is 0 Å². The van der Waals surface area contributed by atoms with Gasteiger partial charge in [0.2, 0.25) is 0 Å². The van der Waals surface area contributed by atoms with Gasteiger partial charge in [-0.3, -0.25) is 9.48 Å². The van der Waals surface area contributed by atoms with Crippen LogP contribution in [0.3, 0.4) is 0 Å². The summed E-state index contributed by atoms with van der Waals surface area (Å²) < 4.78 is 7.04. The molecule has 0 unspecified atom stereocenters. The molecular weight excluding hydrogens is 328 g/mol. The average molecular weight is 358 g/mol. The van der Waals surface area contributed by atoms with Crippen molar-refractivity contribution in [2.75, 3.05) is 31.7 Å². The minimum atomic E-state index is -0.0699. The van der Waals surface area contributed by atoms with Crippen LogP contribution < -0.4 is 10.2 Å². The van der Waals surface area contributed by atoms with Gasteiger partial charge in [-0.1, -0.05) is 0 Å². The number of methoxy groups -OCH3 is 1. The summed E-state index contributed by atoms with van der Waals surface area (Å²) in [6.07, 6.45) is 0. The number of ether oxygens (including phenoxy) is 1. The van der Waals surface area contributed by atoms with Crippen molar-refractivity contribution >= 4 is 11.6 Å². The summed E-state index contributed by atoms with van der Waals surface area (Å²) in [6.45, 7) is 12.0. The molecule has 0 saturated heterocycles. The zero-order valence-corrected chi connectivity index (χ0v) is 16.5. The first kappa shape index (κ1) is 20.0. The molecule has 0 fully saturated rings. The molecule has 0 atom stereocenters. The number of carbonyl (C=O) groups is 1. The first-order valence-corrected chi connectivity index (χ1v) is 9.16. The van der Waals surface area contributed by atoms with E-state index < -0.39 is 0 Å². The SMILES string of the molecule is CCN(CC)c1ccc(C(=O)NCc2c(C)nn(CCOC)c2C)cc1. The third kappa shape index (κ3) is 4.64. The molecule has 0 bridgehead atoms. The predicted octanol–water partition coefficient (Wildman–Crippen LogP) is 2.92. The smallest absolute Gasteiger partial charge is 0.251 e. The molecule has 2 aromatic rings. The first-order valence-electron chi connectivity index (χ1n) is 9.16. The Morgan fingerprint density at radius 2 is 1.85 bits per heavy atom. The molecule has 2 rings (SSSR count). The Labute approximate surface area is 156 Å². The highest BCUT2D eigenvalue weighted by Crippen LogP contribution is 2.16. The Hall–Kier alpha value is -2.34. The molecule has 0 aliphatic rings. The fourth-order valence-electron chi connectivity index (χ4n) is 3.07. The van der Waals surface area contributed by atoms with E-state index in [1.807, 2.05) is 42.8 Å². The molecule has 1 aromatic heterocycles. The molecule has 0 aliphatic heterocycles. The van der Waals surface area contributed by atoms with Crippen molar-refractivity contribution in [3.63, 3.8) is 0 Å². The molecule has 0 saturated carbocycles. The average Bonchev–Trinajstić information content (AvgIpc) is 2.92. The number of amides is 1. The van der Waals surface area contributed by atoms with Crippen molar-refractivity contribution in [2.45, 2.75) is 40.8 Å². The lowest BCUT2D eigenvalue weighted by atomic mass is 10.1. The molecule has 0 radical (unpaired) electrons. The molecule has 0 spiro atoms. The second-order valence-corrected chi connectivity index (χ2v) is 6.27. The standard InChI is InChI=1S/C20H30N4O2/c1-6-23(7-2)18-10-8-17(9-11-18)20(25)21-14-19-15(3)22-24(16(19)4)12-13-26-5/h8-11H,6-7,12-14H2,1-5H3,(H,21,25). The number of carbonyl (C=O) groups excluding carboxylic acids is 1. The van der Waals surface area contributed by atoms with E-state index in [1.54, 1.807) is 7.11 Å². The number of nitrogens with one attached hydrogen (secondary N) is 1. The number of hydrogen-bond donors (Lipinski definition) is 1. The number of benzene rings is 1. The number of nitrogens with zero attached hydrogens (tertiary/aromatic N) is 3. The van der Waals surface area contributed by atoms with E-state index in [1.165, 1.54) is 0 Å². The summed E-state index contributed by atoms with van der Waals surface area (Å²) >= 11 is 0. The van der Waals surface area contributed by atoms with Gasteiger partial charge in [0.1, 0.15) is 0 Å². The molecule has 0 aliphatic carbocycles. The van der Waals surface area contributed by atoms with Crippen LogP contribution in [0.15, 0.2) is 24.3 Å². The molecule has 1 heterocycles. The number of rotatable bonds is 9. The third-order valence-electron chi connectivity index (χ3n) is 4.72. The second-order valence-electron chi connectivity index (χ2n) is 6.27. The van der Waals surface area contributed by atoms with Gasteiger partial charge < -0.3 is 15.0 Å². The van der Waals surface area contributed by atoms with Crippen LogP contribution in [0.4, 0.5) is 5.69 Å². The molecule has 1 N–H and O–H groups in total. The summed E-state index contributed by atoms with van der Waals surface area (Å²) in [4.78, 5) is 14.7. The van der Waals surface area contributed by atoms with Crippen LogP contribution in [0.2, 0.25) is 0 Å².